The van der Waals surface area contributed by atoms with Crippen LogP contribution in [0.4, 0.5) is 0 Å². The monoisotopic (exact) mass is 328 g/mol. The molecular weight excluding hydrogens is 319 g/mol. The van der Waals surface area contributed by atoms with Crippen molar-refractivity contribution in [1.29, 1.82) is 0 Å². The quantitative estimate of drug-likeness (QED) is 0.595. The Labute approximate surface area is 137 Å². The predicted molar refractivity (Wildman–Crippen MR) is 88.9 cm³/mol. The normalized spacial score (nSPS) is 16.3. The summed E-state index contributed by atoms with van der Waals surface area (Å²) in [5.41, 5.74) is 1.95. The maximum Gasteiger partial charge on any atom is 0.197 e. The maximum atomic E-state index is 12.5. The summed E-state index contributed by atoms with van der Waals surface area (Å²) in [5.74, 6) is -0.572. The second kappa shape index (κ2) is 5.91. The average Bonchev–Trinajstić information content (AvgIpc) is 2.80. The van der Waals surface area contributed by atoms with Crippen LogP contribution in [0, 0.1) is 0 Å². The van der Waals surface area contributed by atoms with E-state index in [9.17, 15) is 9.59 Å². The number of hydrogen-bond acceptors (Lipinski definition) is 2. The molecule has 0 aliphatic heterocycles. The first-order chi connectivity index (χ1) is 10.6. The summed E-state index contributed by atoms with van der Waals surface area (Å²) >= 11 is 11.8. The van der Waals surface area contributed by atoms with Crippen molar-refractivity contribution in [1.82, 2.24) is 0 Å². The van der Waals surface area contributed by atoms with Gasteiger partial charge in [0, 0.05) is 5.57 Å². The summed E-state index contributed by atoms with van der Waals surface area (Å²) in [6, 6.07) is 14.1. The highest BCUT2D eigenvalue weighted by atomic mass is 35.5. The van der Waals surface area contributed by atoms with Crippen molar-refractivity contribution in [3.8, 4) is 0 Å². The van der Waals surface area contributed by atoms with E-state index in [0.717, 1.165) is 5.56 Å². The Bertz CT molecular complexity index is 833. The van der Waals surface area contributed by atoms with Crippen LogP contribution in [0.1, 0.15) is 11.1 Å². The first-order valence-electron chi connectivity index (χ1n) is 6.59. The van der Waals surface area contributed by atoms with Crippen molar-refractivity contribution in [3.05, 3.63) is 81.4 Å². The molecule has 0 spiro atoms. The molecule has 1 aliphatic carbocycles. The molecule has 0 fully saturated rings. The summed E-state index contributed by atoms with van der Waals surface area (Å²) in [5, 5.41) is 0.807. The first-order valence-corrected chi connectivity index (χ1v) is 7.35. The molecular formula is C18H10Cl2O2. The lowest BCUT2D eigenvalue weighted by Gasteiger charge is -2.01. The van der Waals surface area contributed by atoms with Gasteiger partial charge >= 0.3 is 0 Å². The van der Waals surface area contributed by atoms with E-state index >= 15 is 0 Å². The standard InChI is InChI=1S/C18H10Cl2O2/c19-15-7-6-11(9-16(15)20)8-14-17(21)10-13(18(14)22)12-4-2-1-3-5-12/h1-10H. The van der Waals surface area contributed by atoms with Crippen molar-refractivity contribution >= 4 is 46.4 Å². The molecule has 0 bridgehead atoms. The van der Waals surface area contributed by atoms with Crippen molar-refractivity contribution in [2.45, 2.75) is 0 Å². The number of carbonyl (C=O) groups excluding carboxylic acids is 2. The third-order valence-electron chi connectivity index (χ3n) is 3.37. The summed E-state index contributed by atoms with van der Waals surface area (Å²) < 4.78 is 0. The van der Waals surface area contributed by atoms with E-state index in [1.807, 2.05) is 18.2 Å². The summed E-state index contributed by atoms with van der Waals surface area (Å²) in [7, 11) is 0. The molecule has 22 heavy (non-hydrogen) atoms. The number of allylic oxidation sites excluding steroid dienone is 3. The van der Waals surface area contributed by atoms with Crippen molar-refractivity contribution in [3.63, 3.8) is 0 Å². The molecule has 0 amide bonds. The summed E-state index contributed by atoms with van der Waals surface area (Å²) in [4.78, 5) is 24.6. The van der Waals surface area contributed by atoms with Crippen LogP contribution < -0.4 is 0 Å². The summed E-state index contributed by atoms with van der Waals surface area (Å²) in [6.45, 7) is 0. The van der Waals surface area contributed by atoms with Crippen LogP contribution in [0.5, 0.6) is 0 Å². The highest BCUT2D eigenvalue weighted by Crippen LogP contribution is 2.29. The van der Waals surface area contributed by atoms with Gasteiger partial charge in [0.25, 0.3) is 0 Å². The van der Waals surface area contributed by atoms with E-state index in [-0.39, 0.29) is 17.1 Å². The maximum absolute atomic E-state index is 12.5. The van der Waals surface area contributed by atoms with Crippen LogP contribution in [0.25, 0.3) is 11.6 Å². The molecule has 3 rings (SSSR count). The van der Waals surface area contributed by atoms with Gasteiger partial charge in [0.2, 0.25) is 0 Å². The molecule has 0 radical (unpaired) electrons. The van der Waals surface area contributed by atoms with Crippen molar-refractivity contribution in [2.75, 3.05) is 0 Å². The topological polar surface area (TPSA) is 34.1 Å². The number of ketones is 2. The van der Waals surface area contributed by atoms with Crippen LogP contribution in [0.15, 0.2) is 60.2 Å². The lowest BCUT2D eigenvalue weighted by atomic mass is 10.0. The van der Waals surface area contributed by atoms with Gasteiger partial charge in [-0.15, -0.1) is 0 Å². The molecule has 2 nitrogen and oxygen atoms in total. The second-order valence-electron chi connectivity index (χ2n) is 4.85. The number of hydrogen-bond donors (Lipinski definition) is 0. The second-order valence-corrected chi connectivity index (χ2v) is 5.66. The highest BCUT2D eigenvalue weighted by molar-refractivity contribution is 6.49. The van der Waals surface area contributed by atoms with Gasteiger partial charge in [-0.25, -0.2) is 0 Å². The van der Waals surface area contributed by atoms with Gasteiger partial charge in [-0.2, -0.15) is 0 Å². The lowest BCUT2D eigenvalue weighted by molar-refractivity contribution is -0.114. The number of Topliss-reactive ketones (excluding diaryl/α,β-unsaturated/α-hetero) is 1. The van der Waals surface area contributed by atoms with Crippen LogP contribution >= 0.6 is 23.2 Å². The molecule has 0 N–H and O–H groups in total. The molecule has 0 heterocycles. The molecule has 0 aromatic heterocycles. The number of benzene rings is 2. The van der Waals surface area contributed by atoms with Crippen LogP contribution in [-0.2, 0) is 9.59 Å². The Kier molecular flexibility index (Phi) is 3.97. The van der Waals surface area contributed by atoms with E-state index < -0.39 is 0 Å². The molecule has 2 aromatic carbocycles. The van der Waals surface area contributed by atoms with E-state index in [4.69, 9.17) is 23.2 Å². The van der Waals surface area contributed by atoms with Gasteiger partial charge in [0.15, 0.2) is 11.6 Å². The molecule has 4 heteroatoms. The average molecular weight is 329 g/mol. The third-order valence-corrected chi connectivity index (χ3v) is 4.11. The molecule has 1 aliphatic rings. The number of carbonyl (C=O) groups is 2. The predicted octanol–water partition coefficient (Wildman–Crippen LogP) is 4.61. The third kappa shape index (κ3) is 2.76. The minimum absolute atomic E-state index is 0.136. The van der Waals surface area contributed by atoms with Crippen LogP contribution in [-0.4, -0.2) is 11.6 Å². The Morgan fingerprint density at radius 3 is 2.27 bits per heavy atom. The van der Waals surface area contributed by atoms with Crippen molar-refractivity contribution < 1.29 is 9.59 Å². The SMILES string of the molecule is O=C1C=C(c2ccccc2)C(=O)C1=Cc1ccc(Cl)c(Cl)c1. The Morgan fingerprint density at radius 1 is 0.864 bits per heavy atom. The van der Waals surface area contributed by atoms with E-state index in [0.29, 0.717) is 21.2 Å². The Balaban J connectivity index is 1.97. The molecule has 0 saturated heterocycles. The zero-order valence-corrected chi connectivity index (χ0v) is 12.9. The highest BCUT2D eigenvalue weighted by Gasteiger charge is 2.28. The van der Waals surface area contributed by atoms with Gasteiger partial charge < -0.3 is 0 Å². The van der Waals surface area contributed by atoms with Gasteiger partial charge in [-0.1, -0.05) is 59.6 Å². The fourth-order valence-electron chi connectivity index (χ4n) is 2.27. The fraction of sp³-hybridized carbons (Fsp3) is 0. The fourth-order valence-corrected chi connectivity index (χ4v) is 2.58. The van der Waals surface area contributed by atoms with Gasteiger partial charge in [-0.3, -0.25) is 9.59 Å². The van der Waals surface area contributed by atoms with E-state index in [1.54, 1.807) is 36.4 Å². The Hall–Kier alpha value is -2.16. The van der Waals surface area contributed by atoms with Crippen LogP contribution in [0.3, 0.4) is 0 Å². The first kappa shape index (κ1) is 14.8. The minimum Gasteiger partial charge on any atom is -0.289 e. The van der Waals surface area contributed by atoms with Gasteiger partial charge in [-0.05, 0) is 35.4 Å². The Morgan fingerprint density at radius 2 is 1.59 bits per heavy atom. The minimum atomic E-state index is -0.296. The number of rotatable bonds is 2. The zero-order valence-electron chi connectivity index (χ0n) is 11.3. The number of halogens is 2. The van der Waals surface area contributed by atoms with Gasteiger partial charge in [0.05, 0.1) is 15.6 Å². The molecule has 108 valence electrons. The molecule has 0 unspecified atom stereocenters. The lowest BCUT2D eigenvalue weighted by Crippen LogP contribution is -2.03. The van der Waals surface area contributed by atoms with Crippen molar-refractivity contribution in [2.24, 2.45) is 0 Å². The smallest absolute Gasteiger partial charge is 0.197 e. The molecule has 2 aromatic rings. The van der Waals surface area contributed by atoms with Gasteiger partial charge in [0.1, 0.15) is 0 Å². The van der Waals surface area contributed by atoms with Crippen LogP contribution in [0.2, 0.25) is 10.0 Å². The molecule has 0 atom stereocenters. The molecule has 0 saturated carbocycles. The largest absolute Gasteiger partial charge is 0.289 e. The van der Waals surface area contributed by atoms with E-state index in [2.05, 4.69) is 0 Å². The summed E-state index contributed by atoms with van der Waals surface area (Å²) in [6.07, 6.45) is 2.92. The zero-order chi connectivity index (χ0) is 15.7. The van der Waals surface area contributed by atoms with E-state index in [1.165, 1.54) is 6.08 Å².